The van der Waals surface area contributed by atoms with E-state index < -0.39 is 29.7 Å². The maximum Gasteiger partial charge on any atom is 0.328 e. The molecule has 1 heterocycles. The van der Waals surface area contributed by atoms with Gasteiger partial charge < -0.3 is 4.74 Å². The fourth-order valence-corrected chi connectivity index (χ4v) is 2.61. The Hall–Kier alpha value is -3.48. The number of nitrogens with zero attached hydrogens (tertiary/aromatic N) is 1. The molecule has 0 saturated carbocycles. The summed E-state index contributed by atoms with van der Waals surface area (Å²) in [5.41, 5.74) is -0.579. The normalized spacial score (nSPS) is 11.9. The van der Waals surface area contributed by atoms with E-state index in [9.17, 15) is 19.2 Å². The van der Waals surface area contributed by atoms with Gasteiger partial charge in [-0.15, -0.1) is 0 Å². The first-order valence-corrected chi connectivity index (χ1v) is 7.98. The van der Waals surface area contributed by atoms with E-state index in [4.69, 9.17) is 4.74 Å². The van der Waals surface area contributed by atoms with Crippen LogP contribution in [0, 0.1) is 0 Å². The highest BCUT2D eigenvalue weighted by Crippen LogP contribution is 2.07. The van der Waals surface area contributed by atoms with Gasteiger partial charge in [0.05, 0.1) is 10.8 Å². The van der Waals surface area contributed by atoms with Crippen LogP contribution < -0.4 is 11.1 Å². The third-order valence-electron chi connectivity index (χ3n) is 3.91. The summed E-state index contributed by atoms with van der Waals surface area (Å²) in [7, 11) is 0. The van der Waals surface area contributed by atoms with Crippen LogP contribution in [0.25, 0.3) is 10.8 Å². The molecular weight excluding hydrogens is 336 g/mol. The van der Waals surface area contributed by atoms with Crippen LogP contribution in [0.3, 0.4) is 0 Å². The standard InChI is InChI=1S/C19H16N2O5/c1-12(17(23)13-7-3-2-4-8-13)26-16(22)11-21-19(25)15-10-6-5-9-14(15)18(24)20-21/h2-10,12H,11H2,1H3,(H,20,24)/t12-/m0/s1. The first kappa shape index (κ1) is 17.3. The lowest BCUT2D eigenvalue weighted by atomic mass is 10.1. The van der Waals surface area contributed by atoms with Crippen LogP contribution >= 0.6 is 0 Å². The minimum Gasteiger partial charge on any atom is -0.453 e. The first-order valence-electron chi connectivity index (χ1n) is 7.98. The molecule has 0 saturated heterocycles. The van der Waals surface area contributed by atoms with Gasteiger partial charge in [0.2, 0.25) is 5.78 Å². The van der Waals surface area contributed by atoms with E-state index in [2.05, 4.69) is 5.10 Å². The zero-order valence-electron chi connectivity index (χ0n) is 14.0. The average Bonchev–Trinajstić information content (AvgIpc) is 2.66. The fraction of sp³-hybridized carbons (Fsp3) is 0.158. The molecule has 1 atom stereocenters. The van der Waals surface area contributed by atoms with Crippen LogP contribution in [0.4, 0.5) is 0 Å². The number of fused-ring (bicyclic) bond motifs is 1. The summed E-state index contributed by atoms with van der Waals surface area (Å²) >= 11 is 0. The number of aromatic nitrogens is 2. The van der Waals surface area contributed by atoms with E-state index in [-0.39, 0.29) is 16.6 Å². The van der Waals surface area contributed by atoms with Gasteiger partial charge in [0.15, 0.2) is 6.10 Å². The van der Waals surface area contributed by atoms with Gasteiger partial charge in [-0.3, -0.25) is 24.3 Å². The number of rotatable bonds is 5. The Bertz CT molecular complexity index is 1080. The molecule has 0 aliphatic rings. The predicted molar refractivity (Wildman–Crippen MR) is 95.2 cm³/mol. The number of ether oxygens (including phenoxy) is 1. The minimum absolute atomic E-state index is 0.206. The minimum atomic E-state index is -1.01. The van der Waals surface area contributed by atoms with Crippen molar-refractivity contribution in [1.82, 2.24) is 9.78 Å². The van der Waals surface area contributed by atoms with Crippen molar-refractivity contribution in [1.29, 1.82) is 0 Å². The lowest BCUT2D eigenvalue weighted by Crippen LogP contribution is -2.34. The Kier molecular flexibility index (Phi) is 4.79. The van der Waals surface area contributed by atoms with Crippen molar-refractivity contribution >= 4 is 22.5 Å². The second-order valence-electron chi connectivity index (χ2n) is 5.74. The van der Waals surface area contributed by atoms with Gasteiger partial charge in [-0.2, -0.15) is 0 Å². The van der Waals surface area contributed by atoms with Gasteiger partial charge in [-0.1, -0.05) is 42.5 Å². The summed E-state index contributed by atoms with van der Waals surface area (Å²) < 4.78 is 5.99. The molecule has 0 unspecified atom stereocenters. The molecule has 0 radical (unpaired) electrons. The molecule has 0 spiro atoms. The third kappa shape index (κ3) is 3.46. The first-order chi connectivity index (χ1) is 12.5. The van der Waals surface area contributed by atoms with Gasteiger partial charge in [0.1, 0.15) is 6.54 Å². The van der Waals surface area contributed by atoms with Crippen LogP contribution in [0.2, 0.25) is 0 Å². The molecule has 0 fully saturated rings. The smallest absolute Gasteiger partial charge is 0.328 e. The molecule has 0 aliphatic heterocycles. The molecule has 26 heavy (non-hydrogen) atoms. The molecule has 7 heteroatoms. The van der Waals surface area contributed by atoms with Crippen LogP contribution in [-0.2, 0) is 16.1 Å². The van der Waals surface area contributed by atoms with Gasteiger partial charge >= 0.3 is 5.97 Å². The second kappa shape index (κ2) is 7.18. The van der Waals surface area contributed by atoms with Crippen molar-refractivity contribution in [3.8, 4) is 0 Å². The van der Waals surface area contributed by atoms with Crippen molar-refractivity contribution in [2.45, 2.75) is 19.6 Å². The number of carbonyl (C=O) groups is 2. The van der Waals surface area contributed by atoms with E-state index in [1.807, 2.05) is 0 Å². The molecule has 1 aromatic heterocycles. The largest absolute Gasteiger partial charge is 0.453 e. The Labute approximate surface area is 147 Å². The van der Waals surface area contributed by atoms with Gasteiger partial charge in [0.25, 0.3) is 11.1 Å². The van der Waals surface area contributed by atoms with Crippen LogP contribution in [-0.4, -0.2) is 27.6 Å². The average molecular weight is 352 g/mol. The molecule has 0 aliphatic carbocycles. The number of benzene rings is 2. The summed E-state index contributed by atoms with van der Waals surface area (Å²) in [5, 5.41) is 2.80. The van der Waals surface area contributed by atoms with Crippen molar-refractivity contribution in [3.05, 3.63) is 80.9 Å². The number of hydrogen-bond acceptors (Lipinski definition) is 5. The van der Waals surface area contributed by atoms with E-state index >= 15 is 0 Å². The highest BCUT2D eigenvalue weighted by atomic mass is 16.5. The zero-order valence-corrected chi connectivity index (χ0v) is 14.0. The quantitative estimate of drug-likeness (QED) is 0.554. The zero-order chi connectivity index (χ0) is 18.7. The number of carbonyl (C=O) groups excluding carboxylic acids is 2. The van der Waals surface area contributed by atoms with E-state index in [0.717, 1.165) is 4.68 Å². The van der Waals surface area contributed by atoms with Crippen LogP contribution in [0.1, 0.15) is 17.3 Å². The number of H-pyrrole nitrogens is 1. The SMILES string of the molecule is C[C@H](OC(=O)Cn1[nH]c(=O)c2ccccc2c1=O)C(=O)c1ccccc1. The van der Waals surface area contributed by atoms with E-state index in [1.165, 1.54) is 19.1 Å². The molecule has 132 valence electrons. The molecule has 3 aromatic rings. The topological polar surface area (TPSA) is 98.2 Å². The Balaban J connectivity index is 1.77. The van der Waals surface area contributed by atoms with Crippen molar-refractivity contribution in [2.75, 3.05) is 0 Å². The summed E-state index contributed by atoms with van der Waals surface area (Å²) in [5.74, 6) is -1.15. The molecule has 7 nitrogen and oxygen atoms in total. The van der Waals surface area contributed by atoms with Crippen molar-refractivity contribution in [2.24, 2.45) is 0 Å². The number of hydrogen-bond donors (Lipinski definition) is 1. The fourth-order valence-electron chi connectivity index (χ4n) is 2.61. The molecule has 3 rings (SSSR count). The predicted octanol–water partition coefficient (Wildman–Crippen LogP) is 1.50. The van der Waals surface area contributed by atoms with E-state index in [1.54, 1.807) is 42.5 Å². The molecule has 1 N–H and O–H groups in total. The van der Waals surface area contributed by atoms with E-state index in [0.29, 0.717) is 5.56 Å². The summed E-state index contributed by atoms with van der Waals surface area (Å²) in [4.78, 5) is 48.7. The van der Waals surface area contributed by atoms with Crippen molar-refractivity contribution < 1.29 is 14.3 Å². The van der Waals surface area contributed by atoms with Gasteiger partial charge in [0, 0.05) is 5.56 Å². The summed E-state index contributed by atoms with van der Waals surface area (Å²) in [6.07, 6.45) is -1.01. The number of aromatic amines is 1. The summed E-state index contributed by atoms with van der Waals surface area (Å²) in [6, 6.07) is 14.8. The Morgan fingerprint density at radius 2 is 1.62 bits per heavy atom. The lowest BCUT2D eigenvalue weighted by molar-refractivity contribution is -0.147. The maximum absolute atomic E-state index is 12.4. The van der Waals surface area contributed by atoms with Crippen LogP contribution in [0.15, 0.2) is 64.2 Å². The van der Waals surface area contributed by atoms with Crippen LogP contribution in [0.5, 0.6) is 0 Å². The van der Waals surface area contributed by atoms with Gasteiger partial charge in [-0.25, -0.2) is 4.68 Å². The highest BCUT2D eigenvalue weighted by Gasteiger charge is 2.20. The third-order valence-corrected chi connectivity index (χ3v) is 3.91. The molecule has 0 amide bonds. The summed E-state index contributed by atoms with van der Waals surface area (Å²) in [6.45, 7) is 0.963. The number of Topliss-reactive ketones (excluding diaryl/α,β-unsaturated/α-hetero) is 1. The number of ketones is 1. The lowest BCUT2D eigenvalue weighted by Gasteiger charge is -2.13. The number of nitrogens with one attached hydrogen (secondary N) is 1. The Morgan fingerprint density at radius 3 is 2.31 bits per heavy atom. The Morgan fingerprint density at radius 1 is 1.00 bits per heavy atom. The molecule has 0 bridgehead atoms. The van der Waals surface area contributed by atoms with Crippen molar-refractivity contribution in [3.63, 3.8) is 0 Å². The molecule has 2 aromatic carbocycles. The second-order valence-corrected chi connectivity index (χ2v) is 5.74. The maximum atomic E-state index is 12.4. The van der Waals surface area contributed by atoms with Gasteiger partial charge in [-0.05, 0) is 19.1 Å². The highest BCUT2D eigenvalue weighted by molar-refractivity contribution is 6.00. The molecular formula is C19H16N2O5. The monoisotopic (exact) mass is 352 g/mol. The number of esters is 1.